The van der Waals surface area contributed by atoms with Gasteiger partial charge < -0.3 is 0 Å². The van der Waals surface area contributed by atoms with E-state index in [1.807, 2.05) is 24.3 Å². The van der Waals surface area contributed by atoms with Crippen molar-refractivity contribution in [3.05, 3.63) is 53.2 Å². The van der Waals surface area contributed by atoms with Crippen LogP contribution in [0.4, 0.5) is 0 Å². The number of hydrogen-bond donors (Lipinski definition) is 0. The van der Waals surface area contributed by atoms with E-state index in [4.69, 9.17) is 11.6 Å². The number of pyridine rings is 1. The lowest BCUT2D eigenvalue weighted by Crippen LogP contribution is -1.89. The molecule has 15 heavy (non-hydrogen) atoms. The van der Waals surface area contributed by atoms with E-state index in [0.717, 1.165) is 11.8 Å². The number of hydrogen-bond acceptors (Lipinski definition) is 2. The van der Waals surface area contributed by atoms with Gasteiger partial charge in [0.1, 0.15) is 5.69 Å². The summed E-state index contributed by atoms with van der Waals surface area (Å²) in [5.41, 5.74) is 1.96. The predicted octanol–water partition coefficient (Wildman–Crippen LogP) is 3.21. The average Bonchev–Trinajstić information content (AvgIpc) is 2.30. The summed E-state index contributed by atoms with van der Waals surface area (Å²) in [6.45, 7) is 0. The van der Waals surface area contributed by atoms with Gasteiger partial charge in [-0.15, -0.1) is 0 Å². The summed E-state index contributed by atoms with van der Waals surface area (Å²) < 4.78 is 0. The predicted molar refractivity (Wildman–Crippen MR) is 60.1 cm³/mol. The molecule has 1 aromatic heterocycles. The molecule has 1 heterocycles. The van der Waals surface area contributed by atoms with Crippen LogP contribution in [0.1, 0.15) is 10.5 Å². The van der Waals surface area contributed by atoms with Crippen LogP contribution in [0.25, 0.3) is 11.3 Å². The first kappa shape index (κ1) is 9.87. The molecule has 1 aromatic carbocycles. The molecular formula is C12H8ClNO. The number of halogens is 1. The Hall–Kier alpha value is -1.67. The zero-order valence-corrected chi connectivity index (χ0v) is 8.61. The third kappa shape index (κ3) is 2.05. The van der Waals surface area contributed by atoms with E-state index in [0.29, 0.717) is 16.4 Å². The molecule has 0 bridgehead atoms. The molecule has 74 valence electrons. The normalized spacial score (nSPS) is 9.93. The Balaban J connectivity index is 2.54. The molecule has 0 aliphatic rings. The number of aromatic nitrogens is 1. The Morgan fingerprint density at radius 1 is 1.07 bits per heavy atom. The number of carbonyl (C=O) groups is 1. The molecule has 0 saturated heterocycles. The standard InChI is InChI=1S/C12H8ClNO/c13-11-6-2-1-5-10(11)12-7-3-4-9(8-15)14-12/h1-8H. The second kappa shape index (κ2) is 4.24. The average molecular weight is 218 g/mol. The smallest absolute Gasteiger partial charge is 0.168 e. The topological polar surface area (TPSA) is 30.0 Å². The third-order valence-electron chi connectivity index (χ3n) is 2.04. The van der Waals surface area contributed by atoms with Gasteiger partial charge in [-0.2, -0.15) is 0 Å². The first-order valence-electron chi connectivity index (χ1n) is 4.48. The molecule has 0 spiro atoms. The highest BCUT2D eigenvalue weighted by Gasteiger charge is 2.03. The van der Waals surface area contributed by atoms with E-state index in [-0.39, 0.29) is 0 Å². The van der Waals surface area contributed by atoms with Crippen LogP contribution in [0.3, 0.4) is 0 Å². The molecule has 0 fully saturated rings. The molecule has 0 aliphatic heterocycles. The first-order valence-corrected chi connectivity index (χ1v) is 4.86. The van der Waals surface area contributed by atoms with Crippen molar-refractivity contribution in [3.63, 3.8) is 0 Å². The van der Waals surface area contributed by atoms with Crippen molar-refractivity contribution in [2.24, 2.45) is 0 Å². The summed E-state index contributed by atoms with van der Waals surface area (Å²) >= 11 is 6.03. The van der Waals surface area contributed by atoms with Crippen molar-refractivity contribution in [2.45, 2.75) is 0 Å². The van der Waals surface area contributed by atoms with Crippen LogP contribution in [0.5, 0.6) is 0 Å². The lowest BCUT2D eigenvalue weighted by atomic mass is 10.1. The number of benzene rings is 1. The molecule has 0 amide bonds. The fourth-order valence-electron chi connectivity index (χ4n) is 1.34. The van der Waals surface area contributed by atoms with Crippen LogP contribution in [-0.4, -0.2) is 11.3 Å². The monoisotopic (exact) mass is 217 g/mol. The molecule has 2 nitrogen and oxygen atoms in total. The molecule has 0 atom stereocenters. The fourth-order valence-corrected chi connectivity index (χ4v) is 1.57. The highest BCUT2D eigenvalue weighted by Crippen LogP contribution is 2.25. The summed E-state index contributed by atoms with van der Waals surface area (Å²) in [7, 11) is 0. The van der Waals surface area contributed by atoms with Crippen LogP contribution < -0.4 is 0 Å². The fraction of sp³-hybridized carbons (Fsp3) is 0. The van der Waals surface area contributed by atoms with E-state index in [1.165, 1.54) is 0 Å². The summed E-state index contributed by atoms with van der Waals surface area (Å²) in [5.74, 6) is 0. The minimum atomic E-state index is 0.410. The third-order valence-corrected chi connectivity index (χ3v) is 2.37. The van der Waals surface area contributed by atoms with Crippen molar-refractivity contribution >= 4 is 17.9 Å². The molecule has 0 saturated carbocycles. The van der Waals surface area contributed by atoms with Gasteiger partial charge in [-0.25, -0.2) is 4.98 Å². The van der Waals surface area contributed by atoms with Crippen LogP contribution in [0, 0.1) is 0 Å². The second-order valence-electron chi connectivity index (χ2n) is 3.05. The maximum atomic E-state index is 10.6. The van der Waals surface area contributed by atoms with Crippen molar-refractivity contribution in [2.75, 3.05) is 0 Å². The van der Waals surface area contributed by atoms with Gasteiger partial charge in [0.25, 0.3) is 0 Å². The molecule has 0 radical (unpaired) electrons. The van der Waals surface area contributed by atoms with Crippen LogP contribution in [0.15, 0.2) is 42.5 Å². The summed E-state index contributed by atoms with van der Waals surface area (Å²) in [6, 6.07) is 12.7. The zero-order valence-electron chi connectivity index (χ0n) is 7.85. The Kier molecular flexibility index (Phi) is 2.79. The summed E-state index contributed by atoms with van der Waals surface area (Å²) in [6.07, 6.45) is 0.723. The molecule has 0 N–H and O–H groups in total. The van der Waals surface area contributed by atoms with Crippen LogP contribution in [0.2, 0.25) is 5.02 Å². The maximum Gasteiger partial charge on any atom is 0.168 e. The van der Waals surface area contributed by atoms with Crippen LogP contribution >= 0.6 is 11.6 Å². The lowest BCUT2D eigenvalue weighted by Gasteiger charge is -2.03. The van der Waals surface area contributed by atoms with E-state index in [1.54, 1.807) is 18.2 Å². The molecule has 2 aromatic rings. The maximum absolute atomic E-state index is 10.6. The molecule has 0 aliphatic carbocycles. The number of aldehydes is 1. The van der Waals surface area contributed by atoms with Gasteiger partial charge in [0.05, 0.1) is 5.69 Å². The van der Waals surface area contributed by atoms with Gasteiger partial charge in [0.15, 0.2) is 6.29 Å². The zero-order chi connectivity index (χ0) is 10.7. The van der Waals surface area contributed by atoms with E-state index < -0.39 is 0 Å². The van der Waals surface area contributed by atoms with E-state index in [9.17, 15) is 4.79 Å². The Labute approximate surface area is 92.5 Å². The largest absolute Gasteiger partial charge is 0.296 e. The summed E-state index contributed by atoms with van der Waals surface area (Å²) in [5, 5.41) is 0.632. The van der Waals surface area contributed by atoms with Crippen molar-refractivity contribution in [1.29, 1.82) is 0 Å². The SMILES string of the molecule is O=Cc1cccc(-c2ccccc2Cl)n1. The summed E-state index contributed by atoms with van der Waals surface area (Å²) in [4.78, 5) is 14.7. The van der Waals surface area contributed by atoms with Gasteiger partial charge in [0.2, 0.25) is 0 Å². The van der Waals surface area contributed by atoms with Gasteiger partial charge in [-0.3, -0.25) is 4.79 Å². The molecular weight excluding hydrogens is 210 g/mol. The number of carbonyl (C=O) groups excluding carboxylic acids is 1. The minimum Gasteiger partial charge on any atom is -0.296 e. The molecule has 2 rings (SSSR count). The highest BCUT2D eigenvalue weighted by molar-refractivity contribution is 6.33. The van der Waals surface area contributed by atoms with Gasteiger partial charge in [-0.05, 0) is 18.2 Å². The Morgan fingerprint density at radius 3 is 2.60 bits per heavy atom. The first-order chi connectivity index (χ1) is 7.31. The Morgan fingerprint density at radius 2 is 1.87 bits per heavy atom. The second-order valence-corrected chi connectivity index (χ2v) is 3.45. The highest BCUT2D eigenvalue weighted by atomic mass is 35.5. The number of nitrogens with zero attached hydrogens (tertiary/aromatic N) is 1. The molecule has 0 unspecified atom stereocenters. The lowest BCUT2D eigenvalue weighted by molar-refractivity contribution is 0.111. The van der Waals surface area contributed by atoms with E-state index >= 15 is 0 Å². The van der Waals surface area contributed by atoms with E-state index in [2.05, 4.69) is 4.98 Å². The minimum absolute atomic E-state index is 0.410. The van der Waals surface area contributed by atoms with Crippen LogP contribution in [-0.2, 0) is 0 Å². The Bertz CT molecular complexity index is 496. The quantitative estimate of drug-likeness (QED) is 0.723. The van der Waals surface area contributed by atoms with Gasteiger partial charge in [-0.1, -0.05) is 35.9 Å². The number of rotatable bonds is 2. The van der Waals surface area contributed by atoms with Crippen molar-refractivity contribution in [1.82, 2.24) is 4.98 Å². The van der Waals surface area contributed by atoms with Crippen molar-refractivity contribution in [3.8, 4) is 11.3 Å². The molecule has 3 heteroatoms. The van der Waals surface area contributed by atoms with Gasteiger partial charge >= 0.3 is 0 Å². The van der Waals surface area contributed by atoms with Gasteiger partial charge in [0, 0.05) is 10.6 Å². The van der Waals surface area contributed by atoms with Crippen molar-refractivity contribution < 1.29 is 4.79 Å².